The average molecular weight is 797 g/mol. The van der Waals surface area contributed by atoms with E-state index in [-0.39, 0.29) is 74.3 Å². The van der Waals surface area contributed by atoms with E-state index in [1.54, 1.807) is 18.7 Å². The summed E-state index contributed by atoms with van der Waals surface area (Å²) in [7, 11) is 0. The number of aliphatic carboxylic acids is 1. The number of non-ortho nitro benzene ring substituents is 1. The molecule has 0 aromatic heterocycles. The minimum atomic E-state index is -1.30. The van der Waals surface area contributed by atoms with Gasteiger partial charge in [-0.15, -0.1) is 12.4 Å². The Bertz CT molecular complexity index is 1520. The number of aliphatic imine (C=N–C) groups is 1. The van der Waals surface area contributed by atoms with Gasteiger partial charge < -0.3 is 48.1 Å². The number of carbonyl (C=O) groups excluding carboxylic acids is 6. The second kappa shape index (κ2) is 24.7. The monoisotopic (exact) mass is 796 g/mol. The number of hydrogen-bond acceptors (Lipinski definition) is 10. The molecular formula is C34H53ClN10O10. The number of benzene rings is 1. The highest BCUT2D eigenvalue weighted by Gasteiger charge is 2.31. The molecule has 1 saturated heterocycles. The second-order valence-corrected chi connectivity index (χ2v) is 12.9. The van der Waals surface area contributed by atoms with Crippen molar-refractivity contribution in [2.45, 2.75) is 96.2 Å². The lowest BCUT2D eigenvalue weighted by molar-refractivity contribution is -0.384. The third kappa shape index (κ3) is 17.9. The first kappa shape index (κ1) is 47.5. The van der Waals surface area contributed by atoms with E-state index < -0.39 is 77.4 Å². The molecule has 1 aliphatic heterocycles. The molecule has 1 fully saturated rings. The highest BCUT2D eigenvalue weighted by atomic mass is 35.5. The molecule has 306 valence electrons. The minimum absolute atomic E-state index is 0. The van der Waals surface area contributed by atoms with E-state index in [2.05, 4.69) is 31.6 Å². The van der Waals surface area contributed by atoms with Gasteiger partial charge in [-0.1, -0.05) is 20.3 Å². The second-order valence-electron chi connectivity index (χ2n) is 12.9. The maximum atomic E-state index is 13.5. The quantitative estimate of drug-likeness (QED) is 0.0258. The van der Waals surface area contributed by atoms with Crippen LogP contribution in [0, 0.1) is 16.0 Å². The Hall–Kier alpha value is -5.53. The van der Waals surface area contributed by atoms with Crippen LogP contribution < -0.4 is 38.1 Å². The summed E-state index contributed by atoms with van der Waals surface area (Å²) in [6, 6.07) is 1.48. The standard InChI is InChI=1S/C34H52N10O10.ClH/c1-3-21(2)30(42-26(45)14-16-29(48)49)33(52)41-25(13-15-28(47)43-18-5-4-6-19-43)31(50)38-20-27(46)40-24(8-7-17-37-34(35)36)32(51)39-22-9-11-23(12-10-22)44(53)54;/h9-12,21,24-25,30H,3-8,13-20H2,1-2H3,(H,38,50)(H,39,51)(H,40,46)(H,41,52)(H,42,45)(H,48,49)(H4,35,36,37);1H/t21-,24-,25-,30-;/m0./s1. The number of halogens is 1. The fourth-order valence-electron chi connectivity index (χ4n) is 5.47. The van der Waals surface area contributed by atoms with Gasteiger partial charge in [0.25, 0.3) is 5.69 Å². The number of anilines is 1. The molecule has 6 amide bonds. The number of piperidine rings is 1. The Morgan fingerprint density at radius 2 is 1.51 bits per heavy atom. The van der Waals surface area contributed by atoms with Gasteiger partial charge in [0.15, 0.2) is 5.96 Å². The van der Waals surface area contributed by atoms with Gasteiger partial charge in [-0.05, 0) is 56.6 Å². The Morgan fingerprint density at radius 1 is 0.873 bits per heavy atom. The smallest absolute Gasteiger partial charge is 0.303 e. The first-order chi connectivity index (χ1) is 25.6. The van der Waals surface area contributed by atoms with Crippen LogP contribution >= 0.6 is 12.4 Å². The van der Waals surface area contributed by atoms with Crippen molar-refractivity contribution in [3.63, 3.8) is 0 Å². The molecule has 1 heterocycles. The molecule has 20 nitrogen and oxygen atoms in total. The number of nitrogens with one attached hydrogen (secondary N) is 5. The Kier molecular flexibility index (Phi) is 21.3. The van der Waals surface area contributed by atoms with Gasteiger partial charge in [0, 0.05) is 50.3 Å². The van der Waals surface area contributed by atoms with Crippen LogP contribution in [0.5, 0.6) is 0 Å². The normalized spacial score (nSPS) is 14.3. The van der Waals surface area contributed by atoms with Gasteiger partial charge in [-0.2, -0.15) is 0 Å². The van der Waals surface area contributed by atoms with Crippen LogP contribution in [0.25, 0.3) is 0 Å². The van der Waals surface area contributed by atoms with Gasteiger partial charge in [-0.25, -0.2) is 0 Å². The van der Waals surface area contributed by atoms with Crippen LogP contribution in [0.15, 0.2) is 29.3 Å². The fraction of sp³-hybridized carbons (Fsp3) is 0.588. The number of guanidine groups is 1. The number of carbonyl (C=O) groups is 7. The molecule has 0 spiro atoms. The number of nitrogens with zero attached hydrogens (tertiary/aromatic N) is 3. The van der Waals surface area contributed by atoms with E-state index in [1.807, 2.05) is 0 Å². The number of amides is 6. The summed E-state index contributed by atoms with van der Waals surface area (Å²) >= 11 is 0. The topological polar surface area (TPSA) is 311 Å². The van der Waals surface area contributed by atoms with Gasteiger partial charge in [0.05, 0.1) is 17.9 Å². The summed E-state index contributed by atoms with van der Waals surface area (Å²) in [5.74, 6) is -5.59. The number of nitro benzene ring substituents is 1. The molecule has 1 aromatic rings. The SMILES string of the molecule is CC[C@H](C)[C@H](NC(=O)CCC(=O)O)C(=O)N[C@@H](CCC(=O)N1CCCCC1)C(=O)NCC(=O)N[C@@H](CCCN=C(N)N)C(=O)Nc1ccc([N+](=O)[O-])cc1.Cl. The van der Waals surface area contributed by atoms with E-state index in [0.29, 0.717) is 19.5 Å². The first-order valence-electron chi connectivity index (χ1n) is 17.9. The van der Waals surface area contributed by atoms with Crippen LogP contribution in [0.1, 0.15) is 78.1 Å². The largest absolute Gasteiger partial charge is 0.481 e. The Morgan fingerprint density at radius 3 is 2.09 bits per heavy atom. The molecule has 0 unspecified atom stereocenters. The number of nitrogens with two attached hydrogens (primary N) is 2. The molecule has 0 aliphatic carbocycles. The van der Waals surface area contributed by atoms with Gasteiger partial charge >= 0.3 is 5.97 Å². The summed E-state index contributed by atoms with van der Waals surface area (Å²) in [6.45, 7) is 4.16. The lowest BCUT2D eigenvalue weighted by atomic mass is 9.97. The Labute approximate surface area is 324 Å². The minimum Gasteiger partial charge on any atom is -0.481 e. The first-order valence-corrected chi connectivity index (χ1v) is 17.9. The predicted molar refractivity (Wildman–Crippen MR) is 204 cm³/mol. The third-order valence-electron chi connectivity index (χ3n) is 8.73. The lowest BCUT2D eigenvalue weighted by Crippen LogP contribution is -2.56. The van der Waals surface area contributed by atoms with Crippen LogP contribution in [0.2, 0.25) is 0 Å². The van der Waals surface area contributed by atoms with Crippen molar-refractivity contribution in [2.24, 2.45) is 22.4 Å². The van der Waals surface area contributed by atoms with E-state index in [4.69, 9.17) is 16.6 Å². The molecule has 0 radical (unpaired) electrons. The van der Waals surface area contributed by atoms with Gasteiger partial charge in [0.1, 0.15) is 18.1 Å². The van der Waals surface area contributed by atoms with Crippen molar-refractivity contribution in [1.82, 2.24) is 26.2 Å². The zero-order chi connectivity index (χ0) is 40.2. The number of likely N-dealkylation sites (tertiary alicyclic amines) is 1. The molecule has 0 saturated carbocycles. The number of hydrogen-bond donors (Lipinski definition) is 8. The molecule has 55 heavy (non-hydrogen) atoms. The molecule has 1 aromatic carbocycles. The molecule has 0 bridgehead atoms. The highest BCUT2D eigenvalue weighted by Crippen LogP contribution is 2.17. The van der Waals surface area contributed by atoms with Gasteiger partial charge in [0.2, 0.25) is 35.4 Å². The third-order valence-corrected chi connectivity index (χ3v) is 8.73. The zero-order valence-corrected chi connectivity index (χ0v) is 31.9. The van der Waals surface area contributed by atoms with Gasteiger partial charge in [-0.3, -0.25) is 48.7 Å². The molecule has 2 rings (SSSR count). The molecular weight excluding hydrogens is 744 g/mol. The van der Waals surface area contributed by atoms with E-state index in [0.717, 1.165) is 19.3 Å². The summed E-state index contributed by atoms with van der Waals surface area (Å²) in [6.07, 6.45) is 2.46. The summed E-state index contributed by atoms with van der Waals surface area (Å²) in [4.78, 5) is 106. The van der Waals surface area contributed by atoms with Crippen molar-refractivity contribution in [2.75, 3.05) is 31.5 Å². The van der Waals surface area contributed by atoms with E-state index in [9.17, 15) is 43.7 Å². The molecule has 21 heteroatoms. The highest BCUT2D eigenvalue weighted by molar-refractivity contribution is 5.98. The van der Waals surface area contributed by atoms with Crippen LogP contribution in [0.3, 0.4) is 0 Å². The number of carboxylic acid groups (broad SMARTS) is 1. The van der Waals surface area contributed by atoms with Crippen molar-refractivity contribution < 1.29 is 43.6 Å². The summed E-state index contributed by atoms with van der Waals surface area (Å²) < 4.78 is 0. The molecule has 10 N–H and O–H groups in total. The fourth-order valence-corrected chi connectivity index (χ4v) is 5.47. The van der Waals surface area contributed by atoms with Crippen LogP contribution in [-0.2, 0) is 33.6 Å². The number of nitro groups is 1. The van der Waals surface area contributed by atoms with E-state index in [1.165, 1.54) is 24.3 Å². The number of carboxylic acids is 1. The predicted octanol–water partition coefficient (Wildman–Crippen LogP) is 0.283. The average Bonchev–Trinajstić information content (AvgIpc) is 3.14. The van der Waals surface area contributed by atoms with Crippen LogP contribution in [-0.4, -0.2) is 107 Å². The summed E-state index contributed by atoms with van der Waals surface area (Å²) in [5, 5.41) is 32.6. The van der Waals surface area contributed by atoms with Crippen molar-refractivity contribution in [3.8, 4) is 0 Å². The molecule has 4 atom stereocenters. The van der Waals surface area contributed by atoms with E-state index >= 15 is 0 Å². The summed E-state index contributed by atoms with van der Waals surface area (Å²) in [5.41, 5.74) is 10.8. The Balaban J connectivity index is 0.0000151. The zero-order valence-electron chi connectivity index (χ0n) is 31.0. The molecule has 1 aliphatic rings. The van der Waals surface area contributed by atoms with Crippen molar-refractivity contribution in [1.29, 1.82) is 0 Å². The lowest BCUT2D eigenvalue weighted by Gasteiger charge is -2.28. The van der Waals surface area contributed by atoms with Crippen molar-refractivity contribution in [3.05, 3.63) is 34.4 Å². The number of rotatable bonds is 22. The van der Waals surface area contributed by atoms with Crippen molar-refractivity contribution >= 4 is 71.2 Å². The maximum Gasteiger partial charge on any atom is 0.303 e. The van der Waals surface area contributed by atoms with Crippen LogP contribution in [0.4, 0.5) is 11.4 Å². The maximum absolute atomic E-state index is 13.5.